The molecule has 5 nitrogen and oxygen atoms in total. The highest BCUT2D eigenvalue weighted by Crippen LogP contribution is 2.20. The summed E-state index contributed by atoms with van der Waals surface area (Å²) >= 11 is 0. The maximum Gasteiger partial charge on any atom is 0.254 e. The van der Waals surface area contributed by atoms with E-state index in [0.717, 1.165) is 12.0 Å². The maximum atomic E-state index is 12.6. The molecule has 1 aliphatic rings. The molecule has 2 amide bonds. The zero-order chi connectivity index (χ0) is 16.2. The number of carbonyl (C=O) groups is 2. The summed E-state index contributed by atoms with van der Waals surface area (Å²) in [5.74, 6) is 0.493. The number of benzene rings is 1. The van der Waals surface area contributed by atoms with Crippen molar-refractivity contribution < 1.29 is 14.0 Å². The van der Waals surface area contributed by atoms with E-state index in [4.69, 9.17) is 4.42 Å². The highest BCUT2D eigenvalue weighted by molar-refractivity contribution is 5.98. The number of hydrogen-bond donors (Lipinski definition) is 1. The summed E-state index contributed by atoms with van der Waals surface area (Å²) in [4.78, 5) is 26.7. The van der Waals surface area contributed by atoms with Gasteiger partial charge in [-0.05, 0) is 44.0 Å². The molecule has 1 aromatic carbocycles. The third kappa shape index (κ3) is 3.44. The SMILES string of the molecule is Cc1ccc(C(=O)N2CCCC2C(=O)NCc2ccco2)cc1. The number of likely N-dealkylation sites (tertiary alicyclic amines) is 1. The largest absolute Gasteiger partial charge is 0.467 e. The van der Waals surface area contributed by atoms with Gasteiger partial charge in [0, 0.05) is 12.1 Å². The van der Waals surface area contributed by atoms with E-state index in [1.54, 1.807) is 17.2 Å². The molecule has 0 saturated carbocycles. The fourth-order valence-corrected chi connectivity index (χ4v) is 2.85. The third-order valence-corrected chi connectivity index (χ3v) is 4.13. The molecular weight excluding hydrogens is 292 g/mol. The van der Waals surface area contributed by atoms with E-state index in [-0.39, 0.29) is 11.8 Å². The lowest BCUT2D eigenvalue weighted by atomic mass is 10.1. The molecule has 2 aromatic rings. The van der Waals surface area contributed by atoms with Gasteiger partial charge in [-0.2, -0.15) is 0 Å². The lowest BCUT2D eigenvalue weighted by Gasteiger charge is -2.24. The van der Waals surface area contributed by atoms with Gasteiger partial charge in [-0.15, -0.1) is 0 Å². The fraction of sp³-hybridized carbons (Fsp3) is 0.333. The Morgan fingerprint density at radius 3 is 2.74 bits per heavy atom. The average Bonchev–Trinajstić information content (AvgIpc) is 3.24. The molecule has 5 heteroatoms. The number of nitrogens with one attached hydrogen (secondary N) is 1. The average molecular weight is 312 g/mol. The number of carbonyl (C=O) groups excluding carboxylic acids is 2. The molecule has 0 spiro atoms. The topological polar surface area (TPSA) is 62.6 Å². The molecule has 1 aromatic heterocycles. The van der Waals surface area contributed by atoms with Gasteiger partial charge < -0.3 is 14.6 Å². The Morgan fingerprint density at radius 1 is 1.26 bits per heavy atom. The minimum atomic E-state index is -0.404. The van der Waals surface area contributed by atoms with E-state index >= 15 is 0 Å². The molecule has 0 bridgehead atoms. The number of hydrogen-bond acceptors (Lipinski definition) is 3. The van der Waals surface area contributed by atoms with Crippen molar-refractivity contribution >= 4 is 11.8 Å². The first-order chi connectivity index (χ1) is 11.1. The van der Waals surface area contributed by atoms with Gasteiger partial charge in [0.1, 0.15) is 11.8 Å². The highest BCUT2D eigenvalue weighted by atomic mass is 16.3. The maximum absolute atomic E-state index is 12.6. The van der Waals surface area contributed by atoms with Crippen LogP contribution < -0.4 is 5.32 Å². The van der Waals surface area contributed by atoms with Crippen LogP contribution in [-0.2, 0) is 11.3 Å². The van der Waals surface area contributed by atoms with Crippen LogP contribution in [0.2, 0.25) is 0 Å². The number of amides is 2. The molecule has 1 saturated heterocycles. The van der Waals surface area contributed by atoms with Crippen LogP contribution in [-0.4, -0.2) is 29.3 Å². The molecule has 3 rings (SSSR count). The van der Waals surface area contributed by atoms with E-state index in [2.05, 4.69) is 5.32 Å². The van der Waals surface area contributed by atoms with Gasteiger partial charge in [0.05, 0.1) is 12.8 Å². The van der Waals surface area contributed by atoms with Crippen molar-refractivity contribution in [3.63, 3.8) is 0 Å². The van der Waals surface area contributed by atoms with E-state index in [1.165, 1.54) is 0 Å². The monoisotopic (exact) mass is 312 g/mol. The van der Waals surface area contributed by atoms with Gasteiger partial charge in [-0.25, -0.2) is 0 Å². The van der Waals surface area contributed by atoms with Crippen LogP contribution in [0.25, 0.3) is 0 Å². The van der Waals surface area contributed by atoms with Crippen molar-refractivity contribution in [3.8, 4) is 0 Å². The minimum absolute atomic E-state index is 0.0827. The molecule has 1 N–H and O–H groups in total. The number of aryl methyl sites for hydroxylation is 1. The Bertz CT molecular complexity index is 677. The fourth-order valence-electron chi connectivity index (χ4n) is 2.85. The Hall–Kier alpha value is -2.56. The number of furan rings is 1. The summed E-state index contributed by atoms with van der Waals surface area (Å²) in [6, 6.07) is 10.6. The predicted molar refractivity (Wildman–Crippen MR) is 85.8 cm³/mol. The van der Waals surface area contributed by atoms with Crippen LogP contribution in [0.1, 0.15) is 34.5 Å². The van der Waals surface area contributed by atoms with Gasteiger partial charge in [0.15, 0.2) is 0 Å². The third-order valence-electron chi connectivity index (χ3n) is 4.13. The quantitative estimate of drug-likeness (QED) is 0.943. The standard InChI is InChI=1S/C18H20N2O3/c1-13-6-8-14(9-7-13)18(22)20-10-2-5-16(20)17(21)19-12-15-4-3-11-23-15/h3-4,6-9,11,16H,2,5,10,12H2,1H3,(H,19,21). The highest BCUT2D eigenvalue weighted by Gasteiger charge is 2.34. The van der Waals surface area contributed by atoms with Crippen molar-refractivity contribution in [3.05, 3.63) is 59.5 Å². The van der Waals surface area contributed by atoms with Crippen LogP contribution in [0.5, 0.6) is 0 Å². The van der Waals surface area contributed by atoms with Crippen LogP contribution >= 0.6 is 0 Å². The minimum Gasteiger partial charge on any atom is -0.467 e. The molecule has 23 heavy (non-hydrogen) atoms. The normalized spacial score (nSPS) is 17.3. The second-order valence-corrected chi connectivity index (χ2v) is 5.82. The zero-order valence-electron chi connectivity index (χ0n) is 13.1. The number of nitrogens with zero attached hydrogens (tertiary/aromatic N) is 1. The van der Waals surface area contributed by atoms with E-state index in [0.29, 0.717) is 30.8 Å². The second-order valence-electron chi connectivity index (χ2n) is 5.82. The van der Waals surface area contributed by atoms with Crippen LogP contribution in [0.4, 0.5) is 0 Å². The van der Waals surface area contributed by atoms with Gasteiger partial charge in [0.25, 0.3) is 5.91 Å². The summed E-state index contributed by atoms with van der Waals surface area (Å²) in [6.45, 7) is 2.94. The van der Waals surface area contributed by atoms with Crippen molar-refractivity contribution in [2.45, 2.75) is 32.4 Å². The Kier molecular flexibility index (Phi) is 4.46. The van der Waals surface area contributed by atoms with Crippen molar-refractivity contribution in [1.82, 2.24) is 10.2 Å². The van der Waals surface area contributed by atoms with Crippen LogP contribution in [0.3, 0.4) is 0 Å². The lowest BCUT2D eigenvalue weighted by Crippen LogP contribution is -2.45. The second kappa shape index (κ2) is 6.69. The molecule has 0 radical (unpaired) electrons. The Morgan fingerprint density at radius 2 is 2.04 bits per heavy atom. The van der Waals surface area contributed by atoms with Crippen LogP contribution in [0.15, 0.2) is 47.1 Å². The zero-order valence-corrected chi connectivity index (χ0v) is 13.1. The van der Waals surface area contributed by atoms with Gasteiger partial charge in [-0.1, -0.05) is 17.7 Å². The first-order valence-electron chi connectivity index (χ1n) is 7.83. The van der Waals surface area contributed by atoms with Gasteiger partial charge >= 0.3 is 0 Å². The van der Waals surface area contributed by atoms with Crippen LogP contribution in [0, 0.1) is 6.92 Å². The summed E-state index contributed by atoms with van der Waals surface area (Å²) < 4.78 is 5.21. The summed E-state index contributed by atoms with van der Waals surface area (Å²) in [7, 11) is 0. The first-order valence-corrected chi connectivity index (χ1v) is 7.83. The molecule has 1 atom stereocenters. The van der Waals surface area contributed by atoms with Gasteiger partial charge in [-0.3, -0.25) is 9.59 Å². The van der Waals surface area contributed by atoms with Gasteiger partial charge in [0.2, 0.25) is 5.91 Å². The van der Waals surface area contributed by atoms with Crippen molar-refractivity contribution in [2.75, 3.05) is 6.54 Å². The summed E-state index contributed by atoms with van der Waals surface area (Å²) in [5, 5.41) is 2.85. The van der Waals surface area contributed by atoms with Crippen molar-refractivity contribution in [1.29, 1.82) is 0 Å². The molecule has 1 aliphatic heterocycles. The Labute approximate surface area is 135 Å². The molecule has 1 fully saturated rings. The molecule has 2 heterocycles. The first kappa shape index (κ1) is 15.3. The number of rotatable bonds is 4. The molecule has 0 aliphatic carbocycles. The molecule has 120 valence electrons. The Balaban J connectivity index is 1.65. The molecular formula is C18H20N2O3. The van der Waals surface area contributed by atoms with Crippen molar-refractivity contribution in [2.24, 2.45) is 0 Å². The van der Waals surface area contributed by atoms with E-state index in [9.17, 15) is 9.59 Å². The predicted octanol–water partition coefficient (Wildman–Crippen LogP) is 2.51. The van der Waals surface area contributed by atoms with E-state index in [1.807, 2.05) is 37.3 Å². The summed E-state index contributed by atoms with van der Waals surface area (Å²) in [6.07, 6.45) is 3.11. The smallest absolute Gasteiger partial charge is 0.254 e. The lowest BCUT2D eigenvalue weighted by molar-refractivity contribution is -0.125. The summed E-state index contributed by atoms with van der Waals surface area (Å²) in [5.41, 5.74) is 1.73. The molecule has 1 unspecified atom stereocenters. The van der Waals surface area contributed by atoms with E-state index < -0.39 is 6.04 Å².